The molecule has 0 heterocycles. The number of Topliss-reactive ketones (excluding diaryl/α,β-unsaturated/α-hetero) is 1. The Morgan fingerprint density at radius 3 is 2.04 bits per heavy atom. The number of hydrogen-bond acceptors (Lipinski definition) is 6. The first-order valence-electron chi connectivity index (χ1n) is 8.45. The summed E-state index contributed by atoms with van der Waals surface area (Å²) in [6.45, 7) is 0. The number of ether oxygens (including phenoxy) is 1. The summed E-state index contributed by atoms with van der Waals surface area (Å²) in [7, 11) is 1.58. The van der Waals surface area contributed by atoms with Gasteiger partial charge in [-0.25, -0.2) is 0 Å². The number of aromatic hydroxyl groups is 4. The fourth-order valence-corrected chi connectivity index (χ4v) is 2.72. The lowest BCUT2D eigenvalue weighted by molar-refractivity contribution is -0.119. The summed E-state index contributed by atoms with van der Waals surface area (Å²) in [6, 6.07) is 9.16. The van der Waals surface area contributed by atoms with Crippen LogP contribution >= 0.6 is 0 Å². The third-order valence-electron chi connectivity index (χ3n) is 4.31. The molecule has 0 fully saturated rings. The van der Waals surface area contributed by atoms with Gasteiger partial charge in [0.1, 0.15) is 5.78 Å². The molecule has 6 heteroatoms. The highest BCUT2D eigenvalue weighted by Gasteiger charge is 2.13. The van der Waals surface area contributed by atoms with E-state index >= 15 is 0 Å². The number of phenolic OH excluding ortho intramolecular Hbond substituents is 4. The van der Waals surface area contributed by atoms with E-state index in [1.165, 1.54) is 24.3 Å². The van der Waals surface area contributed by atoms with Crippen LogP contribution in [0.1, 0.15) is 30.4 Å². The quantitative estimate of drug-likeness (QED) is 0.512. The summed E-state index contributed by atoms with van der Waals surface area (Å²) in [6.07, 6.45) is 2.13. The van der Waals surface area contributed by atoms with Gasteiger partial charge in [0, 0.05) is 20.0 Å². The minimum Gasteiger partial charge on any atom is -0.504 e. The molecule has 2 rings (SSSR count). The second-order valence-electron chi connectivity index (χ2n) is 6.29. The van der Waals surface area contributed by atoms with Crippen molar-refractivity contribution in [1.29, 1.82) is 0 Å². The number of benzene rings is 2. The normalized spacial score (nSPS) is 12.0. The molecule has 0 aliphatic rings. The topological polar surface area (TPSA) is 107 Å². The molecule has 140 valence electrons. The highest BCUT2D eigenvalue weighted by Crippen LogP contribution is 2.27. The van der Waals surface area contributed by atoms with Gasteiger partial charge in [-0.1, -0.05) is 12.1 Å². The Balaban J connectivity index is 1.80. The van der Waals surface area contributed by atoms with Gasteiger partial charge in [0.05, 0.1) is 6.10 Å². The molecular weight excluding hydrogens is 336 g/mol. The minimum absolute atomic E-state index is 0.0909. The highest BCUT2D eigenvalue weighted by molar-refractivity contribution is 5.78. The molecule has 0 aromatic heterocycles. The summed E-state index contributed by atoms with van der Waals surface area (Å²) < 4.78 is 5.41. The van der Waals surface area contributed by atoms with Crippen molar-refractivity contribution in [2.24, 2.45) is 0 Å². The van der Waals surface area contributed by atoms with Gasteiger partial charge < -0.3 is 25.2 Å². The number of carbonyl (C=O) groups is 1. The number of carbonyl (C=O) groups excluding carboxylic acids is 1. The molecule has 0 saturated carbocycles. The number of phenols is 4. The fraction of sp³-hybridized carbons (Fsp3) is 0.350. The van der Waals surface area contributed by atoms with Gasteiger partial charge in [0.25, 0.3) is 0 Å². The summed E-state index contributed by atoms with van der Waals surface area (Å²) in [5.41, 5.74) is 1.61. The van der Waals surface area contributed by atoms with Crippen LogP contribution in [0.15, 0.2) is 36.4 Å². The summed E-state index contributed by atoms with van der Waals surface area (Å²) >= 11 is 0. The monoisotopic (exact) mass is 360 g/mol. The van der Waals surface area contributed by atoms with Gasteiger partial charge in [-0.2, -0.15) is 0 Å². The predicted octanol–water partition coefficient (Wildman–Crippen LogP) is 3.05. The lowest BCUT2D eigenvalue weighted by Crippen LogP contribution is -2.16. The van der Waals surface area contributed by atoms with E-state index in [-0.39, 0.29) is 34.9 Å². The van der Waals surface area contributed by atoms with Crippen LogP contribution in [0, 0.1) is 0 Å². The maximum atomic E-state index is 12.1. The largest absolute Gasteiger partial charge is 0.504 e. The molecule has 0 unspecified atom stereocenters. The second kappa shape index (κ2) is 9.10. The molecule has 0 radical (unpaired) electrons. The molecule has 26 heavy (non-hydrogen) atoms. The summed E-state index contributed by atoms with van der Waals surface area (Å²) in [5.74, 6) is -0.619. The van der Waals surface area contributed by atoms with Crippen molar-refractivity contribution in [2.45, 2.75) is 38.2 Å². The van der Waals surface area contributed by atoms with Crippen LogP contribution in [-0.4, -0.2) is 39.4 Å². The molecule has 2 aromatic carbocycles. The first-order valence-corrected chi connectivity index (χ1v) is 8.45. The van der Waals surface area contributed by atoms with Crippen molar-refractivity contribution in [1.82, 2.24) is 0 Å². The lowest BCUT2D eigenvalue weighted by Gasteiger charge is -2.15. The van der Waals surface area contributed by atoms with Gasteiger partial charge in [-0.05, 0) is 54.7 Å². The van der Waals surface area contributed by atoms with Crippen LogP contribution in [0.2, 0.25) is 0 Å². The van der Waals surface area contributed by atoms with Crippen LogP contribution < -0.4 is 0 Å². The summed E-state index contributed by atoms with van der Waals surface area (Å²) in [4.78, 5) is 12.1. The lowest BCUT2D eigenvalue weighted by atomic mass is 10.00. The predicted molar refractivity (Wildman–Crippen MR) is 96.6 cm³/mol. The van der Waals surface area contributed by atoms with Gasteiger partial charge >= 0.3 is 0 Å². The molecule has 0 amide bonds. The second-order valence-corrected chi connectivity index (χ2v) is 6.29. The van der Waals surface area contributed by atoms with Crippen molar-refractivity contribution in [3.05, 3.63) is 47.5 Å². The molecule has 0 bridgehead atoms. The molecule has 0 spiro atoms. The Morgan fingerprint density at radius 2 is 1.46 bits per heavy atom. The Labute approximate surface area is 152 Å². The van der Waals surface area contributed by atoms with Crippen LogP contribution in [0.25, 0.3) is 0 Å². The number of ketones is 1. The zero-order valence-corrected chi connectivity index (χ0v) is 14.7. The van der Waals surface area contributed by atoms with E-state index in [2.05, 4.69) is 0 Å². The van der Waals surface area contributed by atoms with E-state index in [9.17, 15) is 25.2 Å². The Kier molecular flexibility index (Phi) is 6.86. The molecule has 0 aliphatic carbocycles. The van der Waals surface area contributed by atoms with E-state index in [0.29, 0.717) is 32.1 Å². The SMILES string of the molecule is CO[C@H](CCC(=O)CCc1ccc(O)c(O)c1)Cc1ccc(O)c(O)c1. The van der Waals surface area contributed by atoms with Crippen molar-refractivity contribution in [3.63, 3.8) is 0 Å². The molecule has 4 N–H and O–H groups in total. The van der Waals surface area contributed by atoms with Gasteiger partial charge in [0.15, 0.2) is 23.0 Å². The average molecular weight is 360 g/mol. The maximum absolute atomic E-state index is 12.1. The van der Waals surface area contributed by atoms with Gasteiger partial charge in [-0.15, -0.1) is 0 Å². The number of aryl methyl sites for hydroxylation is 1. The van der Waals surface area contributed by atoms with Crippen LogP contribution in [0.3, 0.4) is 0 Å². The summed E-state index contributed by atoms with van der Waals surface area (Å²) in [5, 5.41) is 37.6. The third kappa shape index (κ3) is 5.67. The first-order chi connectivity index (χ1) is 12.4. The van der Waals surface area contributed by atoms with E-state index in [4.69, 9.17) is 4.74 Å². The Hall–Kier alpha value is -2.73. The van der Waals surface area contributed by atoms with Gasteiger partial charge in [-0.3, -0.25) is 4.79 Å². The number of rotatable bonds is 9. The van der Waals surface area contributed by atoms with Gasteiger partial charge in [0.2, 0.25) is 0 Å². The van der Waals surface area contributed by atoms with E-state index < -0.39 is 0 Å². The first kappa shape index (κ1) is 19.6. The molecule has 2 aromatic rings. The van der Waals surface area contributed by atoms with Crippen molar-refractivity contribution in [2.75, 3.05) is 7.11 Å². The molecule has 0 aliphatic heterocycles. The maximum Gasteiger partial charge on any atom is 0.157 e. The highest BCUT2D eigenvalue weighted by atomic mass is 16.5. The average Bonchev–Trinajstić information content (AvgIpc) is 2.62. The van der Waals surface area contributed by atoms with E-state index in [1.807, 2.05) is 0 Å². The van der Waals surface area contributed by atoms with Crippen LogP contribution in [0.5, 0.6) is 23.0 Å². The van der Waals surface area contributed by atoms with Crippen molar-refractivity contribution in [3.8, 4) is 23.0 Å². The zero-order chi connectivity index (χ0) is 19.1. The van der Waals surface area contributed by atoms with Crippen molar-refractivity contribution >= 4 is 5.78 Å². The van der Waals surface area contributed by atoms with Crippen LogP contribution in [0.4, 0.5) is 0 Å². The Bertz CT molecular complexity index is 756. The smallest absolute Gasteiger partial charge is 0.157 e. The Morgan fingerprint density at radius 1 is 0.885 bits per heavy atom. The fourth-order valence-electron chi connectivity index (χ4n) is 2.72. The standard InChI is InChI=1S/C20H24O6/c1-26-16(10-14-4-9-18(23)20(25)12-14)7-6-15(21)5-2-13-3-8-17(22)19(24)11-13/h3-4,8-9,11-12,16,22-25H,2,5-7,10H2,1H3/t16-/m1/s1. The van der Waals surface area contributed by atoms with Crippen molar-refractivity contribution < 1.29 is 30.0 Å². The third-order valence-corrected chi connectivity index (χ3v) is 4.31. The molecule has 6 nitrogen and oxygen atoms in total. The minimum atomic E-state index is -0.188. The number of hydrogen-bond donors (Lipinski definition) is 4. The zero-order valence-electron chi connectivity index (χ0n) is 14.7. The van der Waals surface area contributed by atoms with E-state index in [1.54, 1.807) is 19.2 Å². The molecule has 1 atom stereocenters. The number of methoxy groups -OCH3 is 1. The molecular formula is C20H24O6. The molecule has 0 saturated heterocycles. The van der Waals surface area contributed by atoms with Crippen LogP contribution in [-0.2, 0) is 22.4 Å². The van der Waals surface area contributed by atoms with E-state index in [0.717, 1.165) is 11.1 Å².